The molecule has 1 fully saturated rings. The number of hydrogen-bond acceptors (Lipinski definition) is 3. The van der Waals surface area contributed by atoms with Gasteiger partial charge in [0.2, 0.25) is 0 Å². The quantitative estimate of drug-likeness (QED) is 0.873. The number of morpholine rings is 1. The van der Waals surface area contributed by atoms with E-state index in [4.69, 9.17) is 9.47 Å². The molecule has 0 spiro atoms. The fourth-order valence-corrected chi connectivity index (χ4v) is 3.40. The van der Waals surface area contributed by atoms with Crippen LogP contribution < -0.4 is 9.64 Å². The van der Waals surface area contributed by atoms with E-state index in [1.165, 1.54) is 10.3 Å². The fourth-order valence-electron chi connectivity index (χ4n) is 3.40. The van der Waals surface area contributed by atoms with E-state index in [0.717, 1.165) is 24.2 Å². The van der Waals surface area contributed by atoms with Gasteiger partial charge in [0.25, 0.3) is 0 Å². The Bertz CT molecular complexity index is 635. The van der Waals surface area contributed by atoms with E-state index in [-0.39, 0.29) is 12.2 Å². The first-order valence-corrected chi connectivity index (χ1v) is 8.39. The van der Waals surface area contributed by atoms with Gasteiger partial charge in [0.1, 0.15) is 50.3 Å². The molecule has 0 saturated carbocycles. The number of aliphatic hydroxyl groups is 1. The zero-order valence-electron chi connectivity index (χ0n) is 13.9. The molecule has 0 bridgehead atoms. The first-order valence-electron chi connectivity index (χ1n) is 8.39. The van der Waals surface area contributed by atoms with Crippen molar-refractivity contribution in [3.63, 3.8) is 0 Å². The van der Waals surface area contributed by atoms with Crippen LogP contribution in [0, 0.1) is 0 Å². The van der Waals surface area contributed by atoms with E-state index < -0.39 is 6.10 Å². The Morgan fingerprint density at radius 3 is 2.57 bits per heavy atom. The third kappa shape index (κ3) is 4.44. The number of aliphatic hydroxyl groups excluding tert-OH is 1. The maximum absolute atomic E-state index is 10.3. The molecule has 1 saturated heterocycles. The average Bonchev–Trinajstić information content (AvgIpc) is 2.52. The Kier molecular flexibility index (Phi) is 5.16. The Labute approximate surface area is 137 Å². The number of quaternary nitrogens is 1. The second kappa shape index (κ2) is 7.30. The fraction of sp³-hybridized carbons (Fsp3) is 0.474. The number of fused-ring (bicyclic) bond motifs is 1. The van der Waals surface area contributed by atoms with Gasteiger partial charge < -0.3 is 19.5 Å². The second-order valence-electron chi connectivity index (χ2n) is 6.59. The molecule has 0 aliphatic carbocycles. The highest BCUT2D eigenvalue weighted by atomic mass is 16.5. The van der Waals surface area contributed by atoms with Crippen molar-refractivity contribution < 1.29 is 19.5 Å². The molecule has 2 aromatic carbocycles. The third-order valence-electron chi connectivity index (χ3n) is 4.30. The molecule has 2 N–H and O–H groups in total. The zero-order chi connectivity index (χ0) is 16.2. The lowest BCUT2D eigenvalue weighted by atomic mass is 10.1. The highest BCUT2D eigenvalue weighted by Crippen LogP contribution is 2.20. The largest absolute Gasteiger partial charge is 0.491 e. The van der Waals surface area contributed by atoms with E-state index in [9.17, 15) is 5.11 Å². The second-order valence-corrected chi connectivity index (χ2v) is 6.59. The first kappa shape index (κ1) is 16.2. The molecule has 0 aromatic heterocycles. The van der Waals surface area contributed by atoms with Crippen LogP contribution in [0.2, 0.25) is 0 Å². The van der Waals surface area contributed by atoms with Crippen molar-refractivity contribution >= 4 is 10.8 Å². The predicted octanol–water partition coefficient (Wildman–Crippen LogP) is 1.27. The highest BCUT2D eigenvalue weighted by molar-refractivity contribution is 5.83. The topological polar surface area (TPSA) is 43.1 Å². The summed E-state index contributed by atoms with van der Waals surface area (Å²) in [6, 6.07) is 14.2. The summed E-state index contributed by atoms with van der Waals surface area (Å²) in [4.78, 5) is 1.38. The Morgan fingerprint density at radius 1 is 1.13 bits per heavy atom. The van der Waals surface area contributed by atoms with Crippen LogP contribution in [0.25, 0.3) is 10.8 Å². The van der Waals surface area contributed by atoms with Gasteiger partial charge >= 0.3 is 0 Å². The summed E-state index contributed by atoms with van der Waals surface area (Å²) in [5, 5.41) is 12.6. The van der Waals surface area contributed by atoms with Gasteiger partial charge in [-0.1, -0.05) is 30.3 Å². The Hall–Kier alpha value is -1.62. The molecule has 1 unspecified atom stereocenters. The van der Waals surface area contributed by atoms with Gasteiger partial charge in [0, 0.05) is 0 Å². The van der Waals surface area contributed by atoms with Crippen molar-refractivity contribution in [3.8, 4) is 5.75 Å². The van der Waals surface area contributed by atoms with Gasteiger partial charge in [0.15, 0.2) is 0 Å². The van der Waals surface area contributed by atoms with Crippen LogP contribution in [0.5, 0.6) is 5.75 Å². The Morgan fingerprint density at radius 2 is 1.83 bits per heavy atom. The lowest BCUT2D eigenvalue weighted by Gasteiger charge is -2.33. The smallest absolute Gasteiger partial charge is 0.137 e. The lowest BCUT2D eigenvalue weighted by Crippen LogP contribution is -3.16. The van der Waals surface area contributed by atoms with Gasteiger partial charge in [-0.15, -0.1) is 0 Å². The van der Waals surface area contributed by atoms with Crippen LogP contribution in [-0.4, -0.2) is 49.7 Å². The van der Waals surface area contributed by atoms with Gasteiger partial charge in [-0.05, 0) is 36.8 Å². The molecule has 2 aromatic rings. The van der Waals surface area contributed by atoms with Crippen LogP contribution in [-0.2, 0) is 4.74 Å². The summed E-state index contributed by atoms with van der Waals surface area (Å²) >= 11 is 0. The zero-order valence-corrected chi connectivity index (χ0v) is 13.9. The van der Waals surface area contributed by atoms with Crippen LogP contribution >= 0.6 is 0 Å². The average molecular weight is 316 g/mol. The molecule has 0 amide bonds. The third-order valence-corrected chi connectivity index (χ3v) is 4.30. The van der Waals surface area contributed by atoms with Crippen molar-refractivity contribution in [1.82, 2.24) is 0 Å². The molecule has 4 heteroatoms. The molecule has 1 aliphatic rings. The summed E-state index contributed by atoms with van der Waals surface area (Å²) in [5.74, 6) is 0.807. The first-order chi connectivity index (χ1) is 11.1. The number of benzene rings is 2. The molecule has 124 valence electrons. The van der Waals surface area contributed by atoms with Gasteiger partial charge in [-0.2, -0.15) is 0 Å². The van der Waals surface area contributed by atoms with Gasteiger partial charge in [0.05, 0.1) is 0 Å². The van der Waals surface area contributed by atoms with Crippen LogP contribution in [0.4, 0.5) is 0 Å². The normalized spacial score (nSPS) is 26.1. The maximum atomic E-state index is 10.3. The molecule has 4 atom stereocenters. The standard InChI is InChI=1S/C19H25NO3/c1-14-10-20(11-15(2)23-14)12-18(21)13-22-19-8-7-16-5-3-4-6-17(16)9-19/h3-9,14-15,18,21H,10-13H2,1-2H3/p+1/t14-,15+,18-/m0/s1. The molecule has 1 aliphatic heterocycles. The minimum absolute atomic E-state index is 0.252. The van der Waals surface area contributed by atoms with Gasteiger partial charge in [-0.25, -0.2) is 0 Å². The minimum atomic E-state index is -0.464. The van der Waals surface area contributed by atoms with E-state index in [1.807, 2.05) is 30.3 Å². The molecular weight excluding hydrogens is 290 g/mol. The summed E-state index contributed by atoms with van der Waals surface area (Å²) in [6.07, 6.45) is 0.0404. The predicted molar refractivity (Wildman–Crippen MR) is 91.0 cm³/mol. The molecule has 0 radical (unpaired) electrons. The monoisotopic (exact) mass is 316 g/mol. The van der Waals surface area contributed by atoms with Gasteiger partial charge in [-0.3, -0.25) is 0 Å². The maximum Gasteiger partial charge on any atom is 0.137 e. The molecule has 3 rings (SSSR count). The molecule has 4 nitrogen and oxygen atoms in total. The number of ether oxygens (including phenoxy) is 2. The van der Waals surface area contributed by atoms with Crippen molar-refractivity contribution in [2.24, 2.45) is 0 Å². The number of hydrogen-bond donors (Lipinski definition) is 2. The highest BCUT2D eigenvalue weighted by Gasteiger charge is 2.27. The van der Waals surface area contributed by atoms with Crippen molar-refractivity contribution in [1.29, 1.82) is 0 Å². The Balaban J connectivity index is 1.52. The summed E-state index contributed by atoms with van der Waals surface area (Å²) in [7, 11) is 0. The van der Waals surface area contributed by atoms with E-state index in [2.05, 4.69) is 26.0 Å². The van der Waals surface area contributed by atoms with Crippen molar-refractivity contribution in [2.45, 2.75) is 32.2 Å². The summed E-state index contributed by atoms with van der Waals surface area (Å²) in [5.41, 5.74) is 0. The minimum Gasteiger partial charge on any atom is -0.491 e. The summed E-state index contributed by atoms with van der Waals surface area (Å²) < 4.78 is 11.5. The van der Waals surface area contributed by atoms with Crippen molar-refractivity contribution in [2.75, 3.05) is 26.2 Å². The van der Waals surface area contributed by atoms with Crippen LogP contribution in [0.15, 0.2) is 42.5 Å². The number of rotatable bonds is 5. The number of nitrogens with one attached hydrogen (secondary N) is 1. The van der Waals surface area contributed by atoms with E-state index in [1.54, 1.807) is 0 Å². The van der Waals surface area contributed by atoms with E-state index >= 15 is 0 Å². The SMILES string of the molecule is C[C@@H]1C[NH+](C[C@H](O)COc2ccc3ccccc3c2)C[C@H](C)O1. The van der Waals surface area contributed by atoms with Crippen molar-refractivity contribution in [3.05, 3.63) is 42.5 Å². The van der Waals surface area contributed by atoms with Crippen LogP contribution in [0.1, 0.15) is 13.8 Å². The van der Waals surface area contributed by atoms with Crippen LogP contribution in [0.3, 0.4) is 0 Å². The lowest BCUT2D eigenvalue weighted by molar-refractivity contribution is -0.918. The summed E-state index contributed by atoms with van der Waals surface area (Å²) in [6.45, 7) is 7.09. The molecule has 1 heterocycles. The molecule has 23 heavy (non-hydrogen) atoms. The van der Waals surface area contributed by atoms with E-state index in [0.29, 0.717) is 13.2 Å². The molecular formula is C19H26NO3+.